The summed E-state index contributed by atoms with van der Waals surface area (Å²) in [4.78, 5) is 10.8. The van der Waals surface area contributed by atoms with Gasteiger partial charge in [-0.1, -0.05) is 35.5 Å². The molecule has 0 aliphatic rings. The third kappa shape index (κ3) is 3.27. The molecule has 1 aromatic rings. The van der Waals surface area contributed by atoms with E-state index in [-0.39, 0.29) is 0 Å². The van der Waals surface area contributed by atoms with Gasteiger partial charge in [0, 0.05) is 11.6 Å². The van der Waals surface area contributed by atoms with E-state index in [2.05, 4.69) is 9.89 Å². The van der Waals surface area contributed by atoms with E-state index in [0.29, 0.717) is 5.71 Å². The number of hydrogen-bond donors (Lipinski definition) is 1. The molecule has 78 valence electrons. The number of allylic oxidation sites excluding steroid dienone is 1. The minimum atomic E-state index is -0.493. The van der Waals surface area contributed by atoms with Crippen molar-refractivity contribution in [3.63, 3.8) is 0 Å². The first kappa shape index (κ1) is 11.0. The molecule has 15 heavy (non-hydrogen) atoms. The van der Waals surface area contributed by atoms with Crippen molar-refractivity contribution < 1.29 is 14.7 Å². The molecule has 0 spiro atoms. The molecule has 0 heterocycles. The number of carbonyl (C=O) groups is 1. The molecule has 4 nitrogen and oxygen atoms in total. The Morgan fingerprint density at radius 2 is 2.00 bits per heavy atom. The van der Waals surface area contributed by atoms with Crippen LogP contribution in [0.25, 0.3) is 0 Å². The zero-order valence-electron chi connectivity index (χ0n) is 8.25. The van der Waals surface area contributed by atoms with E-state index in [1.807, 2.05) is 18.2 Å². The lowest BCUT2D eigenvalue weighted by atomic mass is 10.1. The summed E-state index contributed by atoms with van der Waals surface area (Å²) in [5.74, 6) is -0.493. The second-order valence-electron chi connectivity index (χ2n) is 2.71. The molecule has 0 unspecified atom stereocenters. The number of oxime groups is 1. The van der Waals surface area contributed by atoms with Crippen molar-refractivity contribution in [2.24, 2.45) is 5.16 Å². The Bertz CT molecular complexity index is 382. The molecule has 0 saturated heterocycles. The van der Waals surface area contributed by atoms with Crippen molar-refractivity contribution >= 4 is 11.7 Å². The van der Waals surface area contributed by atoms with E-state index in [1.54, 1.807) is 12.1 Å². The third-order valence-electron chi connectivity index (χ3n) is 1.76. The SMILES string of the molecule is COC(=O)/C=C/C(=N/O)c1ccccc1. The monoisotopic (exact) mass is 205 g/mol. The first-order valence-corrected chi connectivity index (χ1v) is 4.31. The highest BCUT2D eigenvalue weighted by Crippen LogP contribution is 2.02. The highest BCUT2D eigenvalue weighted by atomic mass is 16.5. The lowest BCUT2D eigenvalue weighted by Gasteiger charge is -1.97. The normalized spacial score (nSPS) is 11.7. The molecule has 0 bridgehead atoms. The van der Waals surface area contributed by atoms with E-state index in [4.69, 9.17) is 5.21 Å². The van der Waals surface area contributed by atoms with Crippen LogP contribution in [0, 0.1) is 0 Å². The van der Waals surface area contributed by atoms with Gasteiger partial charge in [0.2, 0.25) is 0 Å². The first-order chi connectivity index (χ1) is 7.27. The zero-order valence-corrected chi connectivity index (χ0v) is 8.25. The summed E-state index contributed by atoms with van der Waals surface area (Å²) in [6.07, 6.45) is 2.59. The minimum Gasteiger partial charge on any atom is -0.466 e. The fourth-order valence-electron chi connectivity index (χ4n) is 1.01. The zero-order chi connectivity index (χ0) is 11.1. The quantitative estimate of drug-likeness (QED) is 0.268. The van der Waals surface area contributed by atoms with Gasteiger partial charge in [-0.2, -0.15) is 0 Å². The van der Waals surface area contributed by atoms with Gasteiger partial charge in [-0.05, 0) is 6.08 Å². The molecule has 0 amide bonds. The van der Waals surface area contributed by atoms with E-state index in [1.165, 1.54) is 19.3 Å². The third-order valence-corrected chi connectivity index (χ3v) is 1.76. The maximum Gasteiger partial charge on any atom is 0.330 e. The molecule has 0 saturated carbocycles. The summed E-state index contributed by atoms with van der Waals surface area (Å²) in [5.41, 5.74) is 1.03. The number of benzene rings is 1. The number of carbonyl (C=O) groups excluding carboxylic acids is 1. The Labute approximate surface area is 87.5 Å². The van der Waals surface area contributed by atoms with Gasteiger partial charge in [-0.3, -0.25) is 0 Å². The number of nitrogens with zero attached hydrogens (tertiary/aromatic N) is 1. The average molecular weight is 205 g/mol. The lowest BCUT2D eigenvalue weighted by Crippen LogP contribution is -2.00. The van der Waals surface area contributed by atoms with Crippen molar-refractivity contribution in [2.75, 3.05) is 7.11 Å². The van der Waals surface area contributed by atoms with Gasteiger partial charge in [0.25, 0.3) is 0 Å². The van der Waals surface area contributed by atoms with Crippen LogP contribution in [-0.4, -0.2) is 24.0 Å². The number of ether oxygens (including phenoxy) is 1. The van der Waals surface area contributed by atoms with Gasteiger partial charge in [0.1, 0.15) is 5.71 Å². The predicted octanol–water partition coefficient (Wildman–Crippen LogP) is 1.59. The molecular weight excluding hydrogens is 194 g/mol. The average Bonchev–Trinajstić information content (AvgIpc) is 2.31. The molecular formula is C11H11NO3. The van der Waals surface area contributed by atoms with Gasteiger partial charge < -0.3 is 9.94 Å². The van der Waals surface area contributed by atoms with Gasteiger partial charge >= 0.3 is 5.97 Å². The summed E-state index contributed by atoms with van der Waals surface area (Å²) in [7, 11) is 1.28. The molecule has 1 N–H and O–H groups in total. The maximum atomic E-state index is 10.8. The Balaban J connectivity index is 2.84. The fourth-order valence-corrected chi connectivity index (χ4v) is 1.01. The molecule has 0 aromatic heterocycles. The van der Waals surface area contributed by atoms with Crippen LogP contribution in [0.5, 0.6) is 0 Å². The summed E-state index contributed by atoms with van der Waals surface area (Å²) in [6.45, 7) is 0. The second kappa shape index (κ2) is 5.59. The van der Waals surface area contributed by atoms with Crippen molar-refractivity contribution in [3.8, 4) is 0 Å². The van der Waals surface area contributed by atoms with Gasteiger partial charge in [0.05, 0.1) is 7.11 Å². The standard InChI is InChI=1S/C11H11NO3/c1-15-11(13)8-7-10(12-14)9-5-3-2-4-6-9/h2-8,14H,1H3/b8-7+,12-10-. The van der Waals surface area contributed by atoms with Gasteiger partial charge in [-0.15, -0.1) is 0 Å². The highest BCUT2D eigenvalue weighted by Gasteiger charge is 2.00. The summed E-state index contributed by atoms with van der Waals surface area (Å²) < 4.78 is 4.42. The van der Waals surface area contributed by atoms with E-state index < -0.39 is 5.97 Å². The van der Waals surface area contributed by atoms with E-state index in [0.717, 1.165) is 5.56 Å². The van der Waals surface area contributed by atoms with Crippen LogP contribution < -0.4 is 0 Å². The van der Waals surface area contributed by atoms with Crippen LogP contribution in [0.15, 0.2) is 47.6 Å². The smallest absolute Gasteiger partial charge is 0.330 e. The van der Waals surface area contributed by atoms with Crippen LogP contribution >= 0.6 is 0 Å². The fraction of sp³-hybridized carbons (Fsp3) is 0.0909. The van der Waals surface area contributed by atoms with Gasteiger partial charge in [-0.25, -0.2) is 4.79 Å². The minimum absolute atomic E-state index is 0.306. The lowest BCUT2D eigenvalue weighted by molar-refractivity contribution is -0.134. The topological polar surface area (TPSA) is 58.9 Å². The summed E-state index contributed by atoms with van der Waals surface area (Å²) in [6, 6.07) is 9.02. The van der Waals surface area contributed by atoms with Crippen molar-refractivity contribution in [1.82, 2.24) is 0 Å². The summed E-state index contributed by atoms with van der Waals surface area (Å²) >= 11 is 0. The molecule has 0 aliphatic heterocycles. The Kier molecular flexibility index (Phi) is 4.09. The molecule has 1 aromatic carbocycles. The predicted molar refractivity (Wildman–Crippen MR) is 55.9 cm³/mol. The molecule has 0 aliphatic carbocycles. The largest absolute Gasteiger partial charge is 0.466 e. The van der Waals surface area contributed by atoms with Gasteiger partial charge in [0.15, 0.2) is 0 Å². The van der Waals surface area contributed by atoms with E-state index in [9.17, 15) is 4.79 Å². The molecule has 4 heteroatoms. The Morgan fingerprint density at radius 3 is 2.53 bits per heavy atom. The molecule has 0 atom stereocenters. The maximum absolute atomic E-state index is 10.8. The van der Waals surface area contributed by atoms with Crippen LogP contribution in [0.4, 0.5) is 0 Å². The highest BCUT2D eigenvalue weighted by molar-refractivity contribution is 6.10. The van der Waals surface area contributed by atoms with Crippen LogP contribution in [0.1, 0.15) is 5.56 Å². The molecule has 1 rings (SSSR count). The van der Waals surface area contributed by atoms with Crippen molar-refractivity contribution in [1.29, 1.82) is 0 Å². The molecule has 0 fully saturated rings. The van der Waals surface area contributed by atoms with Crippen molar-refractivity contribution in [3.05, 3.63) is 48.0 Å². The number of methoxy groups -OCH3 is 1. The Morgan fingerprint density at radius 1 is 1.33 bits per heavy atom. The van der Waals surface area contributed by atoms with Crippen LogP contribution in [0.2, 0.25) is 0 Å². The number of esters is 1. The molecule has 0 radical (unpaired) electrons. The second-order valence-corrected chi connectivity index (χ2v) is 2.71. The first-order valence-electron chi connectivity index (χ1n) is 4.31. The van der Waals surface area contributed by atoms with Crippen LogP contribution in [-0.2, 0) is 9.53 Å². The number of hydrogen-bond acceptors (Lipinski definition) is 4. The summed E-state index contributed by atoms with van der Waals surface area (Å²) in [5, 5.41) is 11.8. The van der Waals surface area contributed by atoms with Crippen LogP contribution in [0.3, 0.4) is 0 Å². The Hall–Kier alpha value is -2.10. The van der Waals surface area contributed by atoms with Crippen molar-refractivity contribution in [2.45, 2.75) is 0 Å². The number of rotatable bonds is 3. The van der Waals surface area contributed by atoms with E-state index >= 15 is 0 Å².